The zero-order valence-electron chi connectivity index (χ0n) is 17.8. The molecule has 160 valence electrons. The van der Waals surface area contributed by atoms with Gasteiger partial charge in [-0.3, -0.25) is 0 Å². The SMILES string of the molecule is C#Cc1ccc(C(=NOC)C(C)=C(ON)c2ccccc2C(=COC)C(=O)OC)cc1. The molecule has 31 heavy (non-hydrogen) atoms. The number of allylic oxidation sites excluding steroid dienone is 1. The van der Waals surface area contributed by atoms with E-state index in [-0.39, 0.29) is 5.57 Å². The molecule has 0 atom stereocenters. The van der Waals surface area contributed by atoms with Gasteiger partial charge >= 0.3 is 5.97 Å². The summed E-state index contributed by atoms with van der Waals surface area (Å²) in [5.41, 5.74) is 3.78. The molecule has 2 N–H and O–H groups in total. The standard InChI is InChI=1S/C24H24N2O5/c1-6-17-11-13-18(14-12-17)22(26-30-5)16(2)23(31-25)20-10-8-7-9-19(20)21(15-28-3)24(27)29-4/h1,7-15H,25H2,2-5H3. The van der Waals surface area contributed by atoms with Crippen molar-refractivity contribution in [2.75, 3.05) is 21.3 Å². The first-order valence-electron chi connectivity index (χ1n) is 9.19. The largest absolute Gasteiger partial charge is 0.503 e. The van der Waals surface area contributed by atoms with Gasteiger partial charge in [0.2, 0.25) is 0 Å². The summed E-state index contributed by atoms with van der Waals surface area (Å²) >= 11 is 0. The third kappa shape index (κ3) is 5.32. The number of hydrogen-bond acceptors (Lipinski definition) is 7. The molecule has 0 spiro atoms. The van der Waals surface area contributed by atoms with Crippen LogP contribution in [0.3, 0.4) is 0 Å². The van der Waals surface area contributed by atoms with Crippen molar-refractivity contribution in [2.45, 2.75) is 6.92 Å². The fraction of sp³-hybridized carbons (Fsp3) is 0.167. The Balaban J connectivity index is 2.72. The summed E-state index contributed by atoms with van der Waals surface area (Å²) in [6, 6.07) is 14.3. The maximum absolute atomic E-state index is 12.3. The van der Waals surface area contributed by atoms with Crippen LogP contribution in [0.2, 0.25) is 0 Å². The molecule has 0 saturated heterocycles. The van der Waals surface area contributed by atoms with Crippen molar-refractivity contribution in [1.82, 2.24) is 0 Å². The smallest absolute Gasteiger partial charge is 0.341 e. The second kappa shape index (κ2) is 11.2. The first-order chi connectivity index (χ1) is 15.0. The van der Waals surface area contributed by atoms with Crippen molar-refractivity contribution in [2.24, 2.45) is 11.1 Å². The minimum absolute atomic E-state index is 0.201. The number of nitrogens with two attached hydrogens (primary N) is 1. The van der Waals surface area contributed by atoms with Crippen molar-refractivity contribution >= 4 is 23.0 Å². The molecule has 7 heteroatoms. The average Bonchev–Trinajstić information content (AvgIpc) is 2.81. The van der Waals surface area contributed by atoms with E-state index < -0.39 is 5.97 Å². The number of terminal acetylenes is 1. The number of ether oxygens (including phenoxy) is 2. The first-order valence-corrected chi connectivity index (χ1v) is 9.19. The van der Waals surface area contributed by atoms with Crippen molar-refractivity contribution < 1.29 is 23.9 Å². The maximum Gasteiger partial charge on any atom is 0.341 e. The molecule has 0 aromatic heterocycles. The molecule has 0 radical (unpaired) electrons. The number of hydrogen-bond donors (Lipinski definition) is 1. The zero-order chi connectivity index (χ0) is 22.8. The Morgan fingerprint density at radius 1 is 1.06 bits per heavy atom. The van der Waals surface area contributed by atoms with Crippen LogP contribution in [0.25, 0.3) is 11.3 Å². The van der Waals surface area contributed by atoms with Crippen LogP contribution in [0, 0.1) is 12.3 Å². The van der Waals surface area contributed by atoms with Crippen molar-refractivity contribution in [3.63, 3.8) is 0 Å². The molecule has 0 saturated carbocycles. The van der Waals surface area contributed by atoms with E-state index in [1.165, 1.54) is 27.6 Å². The van der Waals surface area contributed by atoms with E-state index in [9.17, 15) is 4.79 Å². The van der Waals surface area contributed by atoms with Crippen LogP contribution in [0.5, 0.6) is 0 Å². The molecular weight excluding hydrogens is 396 g/mol. The molecule has 0 aliphatic rings. The van der Waals surface area contributed by atoms with Gasteiger partial charge < -0.3 is 19.1 Å². The van der Waals surface area contributed by atoms with Crippen molar-refractivity contribution in [1.29, 1.82) is 0 Å². The van der Waals surface area contributed by atoms with Gasteiger partial charge in [0, 0.05) is 27.8 Å². The number of carbonyl (C=O) groups is 1. The molecule has 2 aromatic carbocycles. The summed E-state index contributed by atoms with van der Waals surface area (Å²) in [6.45, 7) is 1.78. The highest BCUT2D eigenvalue weighted by Gasteiger charge is 2.22. The van der Waals surface area contributed by atoms with Gasteiger partial charge in [0.1, 0.15) is 18.4 Å². The van der Waals surface area contributed by atoms with Crippen LogP contribution < -0.4 is 5.90 Å². The fourth-order valence-corrected chi connectivity index (χ4v) is 2.98. The molecular formula is C24H24N2O5. The van der Waals surface area contributed by atoms with Crippen LogP contribution in [0.1, 0.15) is 29.2 Å². The molecule has 2 aromatic rings. The number of oxime groups is 1. The van der Waals surface area contributed by atoms with Gasteiger partial charge in [-0.05, 0) is 19.1 Å². The topological polar surface area (TPSA) is 92.4 Å². The third-order valence-electron chi connectivity index (χ3n) is 4.42. The second-order valence-electron chi connectivity index (χ2n) is 6.22. The number of benzene rings is 2. The van der Waals surface area contributed by atoms with E-state index >= 15 is 0 Å². The minimum Gasteiger partial charge on any atom is -0.503 e. The van der Waals surface area contributed by atoms with E-state index in [0.717, 1.165) is 11.1 Å². The van der Waals surface area contributed by atoms with Crippen molar-refractivity contribution in [3.05, 3.63) is 82.6 Å². The Morgan fingerprint density at radius 2 is 1.71 bits per heavy atom. The minimum atomic E-state index is -0.570. The summed E-state index contributed by atoms with van der Waals surface area (Å²) in [5.74, 6) is 7.96. The van der Waals surface area contributed by atoms with Gasteiger partial charge in [-0.2, -0.15) is 5.90 Å². The second-order valence-corrected chi connectivity index (χ2v) is 6.22. The molecule has 0 aliphatic heterocycles. The molecule has 0 unspecified atom stereocenters. The Morgan fingerprint density at radius 3 is 2.23 bits per heavy atom. The highest BCUT2D eigenvalue weighted by molar-refractivity contribution is 6.19. The Labute approximate surface area is 181 Å². The molecule has 2 rings (SSSR count). The van der Waals surface area contributed by atoms with E-state index in [4.69, 9.17) is 31.5 Å². The van der Waals surface area contributed by atoms with E-state index in [2.05, 4.69) is 11.1 Å². The first kappa shape index (κ1) is 23.3. The van der Waals surface area contributed by atoms with E-state index in [1.54, 1.807) is 43.3 Å². The van der Waals surface area contributed by atoms with Gasteiger partial charge in [0.15, 0.2) is 5.76 Å². The third-order valence-corrected chi connectivity index (χ3v) is 4.42. The lowest BCUT2D eigenvalue weighted by molar-refractivity contribution is -0.133. The molecule has 0 fully saturated rings. The molecule has 0 aliphatic carbocycles. The summed E-state index contributed by atoms with van der Waals surface area (Å²) in [5, 5.41) is 4.15. The number of nitrogens with zero attached hydrogens (tertiary/aromatic N) is 1. The molecule has 0 amide bonds. The summed E-state index contributed by atoms with van der Waals surface area (Å²) < 4.78 is 9.97. The number of carbonyl (C=O) groups excluding carboxylic acids is 1. The quantitative estimate of drug-likeness (QED) is 0.175. The number of esters is 1. The van der Waals surface area contributed by atoms with Gasteiger partial charge in [-0.1, -0.05) is 47.5 Å². The van der Waals surface area contributed by atoms with Crippen LogP contribution in [0.4, 0.5) is 0 Å². The van der Waals surface area contributed by atoms with E-state index in [0.29, 0.717) is 28.2 Å². The van der Waals surface area contributed by atoms with Gasteiger partial charge in [-0.15, -0.1) is 6.42 Å². The van der Waals surface area contributed by atoms with Gasteiger partial charge in [0.05, 0.1) is 20.5 Å². The summed E-state index contributed by atoms with van der Waals surface area (Å²) in [4.78, 5) is 22.7. The number of methoxy groups -OCH3 is 2. The summed E-state index contributed by atoms with van der Waals surface area (Å²) in [7, 11) is 4.17. The summed E-state index contributed by atoms with van der Waals surface area (Å²) in [6.07, 6.45) is 6.74. The van der Waals surface area contributed by atoms with E-state index in [1.807, 2.05) is 12.1 Å². The molecule has 0 heterocycles. The monoisotopic (exact) mass is 420 g/mol. The lowest BCUT2D eigenvalue weighted by Crippen LogP contribution is -2.13. The fourth-order valence-electron chi connectivity index (χ4n) is 2.98. The predicted molar refractivity (Wildman–Crippen MR) is 119 cm³/mol. The van der Waals surface area contributed by atoms with Gasteiger partial charge in [0.25, 0.3) is 0 Å². The van der Waals surface area contributed by atoms with Gasteiger partial charge in [-0.25, -0.2) is 4.79 Å². The predicted octanol–water partition coefficient (Wildman–Crippen LogP) is 3.50. The average molecular weight is 420 g/mol. The molecule has 0 bridgehead atoms. The Hall–Kier alpha value is -4.02. The van der Waals surface area contributed by atoms with Crippen LogP contribution in [-0.4, -0.2) is 33.0 Å². The van der Waals surface area contributed by atoms with Crippen molar-refractivity contribution in [3.8, 4) is 12.3 Å². The van der Waals surface area contributed by atoms with Crippen LogP contribution in [-0.2, 0) is 23.9 Å². The zero-order valence-corrected chi connectivity index (χ0v) is 17.8. The van der Waals surface area contributed by atoms with Crippen LogP contribution in [0.15, 0.2) is 65.5 Å². The highest BCUT2D eigenvalue weighted by Crippen LogP contribution is 2.30. The highest BCUT2D eigenvalue weighted by atomic mass is 16.6. The normalized spacial score (nSPS) is 12.4. The Kier molecular flexibility index (Phi) is 8.43. The molecule has 7 nitrogen and oxygen atoms in total. The maximum atomic E-state index is 12.3. The number of rotatable bonds is 8. The lowest BCUT2D eigenvalue weighted by Gasteiger charge is -2.16. The van der Waals surface area contributed by atoms with Crippen LogP contribution >= 0.6 is 0 Å². The lowest BCUT2D eigenvalue weighted by atomic mass is 9.94. The Bertz CT molecular complexity index is 1060.